The molecule has 2 N–H and O–H groups in total. The van der Waals surface area contributed by atoms with E-state index in [4.69, 9.17) is 4.74 Å². The summed E-state index contributed by atoms with van der Waals surface area (Å²) in [5.74, 6) is 1.05. The van der Waals surface area contributed by atoms with Crippen LogP contribution in [0.2, 0.25) is 0 Å². The summed E-state index contributed by atoms with van der Waals surface area (Å²) in [7, 11) is 1.70. The maximum absolute atomic E-state index is 13.9. The van der Waals surface area contributed by atoms with Crippen molar-refractivity contribution < 1.29 is 13.5 Å². The molecule has 3 rings (SSSR count). The van der Waals surface area contributed by atoms with Crippen LogP contribution in [0.3, 0.4) is 0 Å². The molecule has 2 atom stereocenters. The van der Waals surface area contributed by atoms with Gasteiger partial charge < -0.3 is 20.3 Å². The maximum atomic E-state index is 13.9. The minimum Gasteiger partial charge on any atom is -0.489 e. The fourth-order valence-corrected chi connectivity index (χ4v) is 3.10. The third kappa shape index (κ3) is 6.69. The highest BCUT2D eigenvalue weighted by atomic mass is 127. The first-order chi connectivity index (χ1) is 13.5. The largest absolute Gasteiger partial charge is 0.489 e. The number of pyridine rings is 1. The van der Waals surface area contributed by atoms with Gasteiger partial charge in [-0.15, -0.1) is 24.0 Å². The molecule has 1 aromatic heterocycles. The molecule has 1 aliphatic rings. The van der Waals surface area contributed by atoms with Gasteiger partial charge in [-0.1, -0.05) is 0 Å². The van der Waals surface area contributed by atoms with Gasteiger partial charge in [0.05, 0.1) is 6.54 Å². The molecular weight excluding hydrogens is 491 g/mol. The lowest BCUT2D eigenvalue weighted by molar-refractivity contribution is 0.223. The molecule has 29 heavy (non-hydrogen) atoms. The van der Waals surface area contributed by atoms with Crippen LogP contribution >= 0.6 is 24.0 Å². The van der Waals surface area contributed by atoms with Gasteiger partial charge in [-0.25, -0.2) is 13.8 Å². The van der Waals surface area contributed by atoms with E-state index in [1.54, 1.807) is 31.4 Å². The fourth-order valence-electron chi connectivity index (χ4n) is 3.10. The summed E-state index contributed by atoms with van der Waals surface area (Å²) >= 11 is 0. The number of hydrogen-bond donors (Lipinski definition) is 2. The molecule has 9 heteroatoms. The number of halogens is 3. The Labute approximate surface area is 186 Å². The number of anilines is 1. The van der Waals surface area contributed by atoms with Gasteiger partial charge in [0.15, 0.2) is 17.6 Å². The van der Waals surface area contributed by atoms with E-state index in [0.29, 0.717) is 30.6 Å². The van der Waals surface area contributed by atoms with Gasteiger partial charge in [0.25, 0.3) is 0 Å². The van der Waals surface area contributed by atoms with E-state index < -0.39 is 0 Å². The van der Waals surface area contributed by atoms with Gasteiger partial charge in [0.2, 0.25) is 0 Å². The normalized spacial score (nSPS) is 17.4. The standard InChI is InChI=1S/C20H25F2N5O.HI/c1-14(28-17-7-5-15(21)6-8-17)12-25-20(23-2)26-16-9-11-27(13-16)19-18(22)4-3-10-24-19;/h3-8,10,14,16H,9,11-13H2,1-2H3,(H2,23,25,26);1H. The van der Waals surface area contributed by atoms with Crippen LogP contribution in [0.4, 0.5) is 14.6 Å². The molecule has 0 amide bonds. The fraction of sp³-hybridized carbons (Fsp3) is 0.400. The molecule has 1 fully saturated rings. The quantitative estimate of drug-likeness (QED) is 0.350. The Morgan fingerprint density at radius 2 is 2.07 bits per heavy atom. The second-order valence-corrected chi connectivity index (χ2v) is 6.72. The van der Waals surface area contributed by atoms with Crippen molar-refractivity contribution in [3.05, 3.63) is 54.2 Å². The van der Waals surface area contributed by atoms with E-state index in [9.17, 15) is 8.78 Å². The van der Waals surface area contributed by atoms with Crippen molar-refractivity contribution in [1.29, 1.82) is 0 Å². The molecule has 0 aliphatic carbocycles. The predicted octanol–water partition coefficient (Wildman–Crippen LogP) is 3.19. The molecule has 1 aliphatic heterocycles. The van der Waals surface area contributed by atoms with Gasteiger partial charge in [-0.2, -0.15) is 0 Å². The first kappa shape index (κ1) is 23.1. The Kier molecular flexibility index (Phi) is 8.87. The SMILES string of the molecule is CN=C(NCC(C)Oc1ccc(F)cc1)NC1CCN(c2ncccc2F)C1.I. The van der Waals surface area contributed by atoms with Crippen LogP contribution in [0.5, 0.6) is 5.75 Å². The van der Waals surface area contributed by atoms with Gasteiger partial charge in [-0.3, -0.25) is 4.99 Å². The third-order valence-corrected chi connectivity index (χ3v) is 4.50. The van der Waals surface area contributed by atoms with Crippen molar-refractivity contribution in [2.24, 2.45) is 4.99 Å². The first-order valence-corrected chi connectivity index (χ1v) is 9.30. The lowest BCUT2D eigenvalue weighted by Gasteiger charge is -2.21. The number of aliphatic imine (C=N–C) groups is 1. The number of ether oxygens (including phenoxy) is 1. The summed E-state index contributed by atoms with van der Waals surface area (Å²) < 4.78 is 32.6. The molecule has 1 saturated heterocycles. The number of benzene rings is 1. The average Bonchev–Trinajstić information content (AvgIpc) is 3.15. The van der Waals surface area contributed by atoms with Gasteiger partial charge in [-0.05, 0) is 49.7 Å². The number of guanidine groups is 1. The Balaban J connectivity index is 0.00000300. The highest BCUT2D eigenvalue weighted by Gasteiger charge is 2.26. The van der Waals surface area contributed by atoms with Gasteiger partial charge in [0, 0.05) is 32.4 Å². The van der Waals surface area contributed by atoms with Crippen LogP contribution in [-0.4, -0.2) is 49.8 Å². The Morgan fingerprint density at radius 3 is 2.76 bits per heavy atom. The summed E-state index contributed by atoms with van der Waals surface area (Å²) in [5, 5.41) is 6.58. The van der Waals surface area contributed by atoms with E-state index in [1.807, 2.05) is 11.8 Å². The Hall–Kier alpha value is -2.17. The lowest BCUT2D eigenvalue weighted by Crippen LogP contribution is -2.47. The molecule has 2 unspecified atom stereocenters. The van der Waals surface area contributed by atoms with E-state index in [0.717, 1.165) is 13.0 Å². The molecule has 1 aromatic carbocycles. The summed E-state index contributed by atoms with van der Waals surface area (Å²) in [6.45, 7) is 3.83. The highest BCUT2D eigenvalue weighted by molar-refractivity contribution is 14.0. The number of hydrogen-bond acceptors (Lipinski definition) is 4. The monoisotopic (exact) mass is 517 g/mol. The second-order valence-electron chi connectivity index (χ2n) is 6.72. The van der Waals surface area contributed by atoms with Crippen LogP contribution in [0.1, 0.15) is 13.3 Å². The predicted molar refractivity (Wildman–Crippen MR) is 121 cm³/mol. The van der Waals surface area contributed by atoms with Crippen LogP contribution < -0.4 is 20.3 Å². The van der Waals surface area contributed by atoms with Crippen LogP contribution in [0.25, 0.3) is 0 Å². The average molecular weight is 517 g/mol. The molecule has 0 saturated carbocycles. The van der Waals surface area contributed by atoms with E-state index in [-0.39, 0.29) is 47.8 Å². The summed E-state index contributed by atoms with van der Waals surface area (Å²) in [4.78, 5) is 10.3. The first-order valence-electron chi connectivity index (χ1n) is 9.30. The van der Waals surface area contributed by atoms with Crippen molar-refractivity contribution in [3.63, 3.8) is 0 Å². The number of rotatable bonds is 6. The summed E-state index contributed by atoms with van der Waals surface area (Å²) in [6, 6.07) is 9.09. The van der Waals surface area contributed by atoms with Crippen LogP contribution in [0.15, 0.2) is 47.6 Å². The lowest BCUT2D eigenvalue weighted by atomic mass is 10.3. The van der Waals surface area contributed by atoms with Crippen molar-refractivity contribution in [1.82, 2.24) is 15.6 Å². The van der Waals surface area contributed by atoms with Crippen LogP contribution in [-0.2, 0) is 0 Å². The van der Waals surface area contributed by atoms with E-state index in [2.05, 4.69) is 20.6 Å². The highest BCUT2D eigenvalue weighted by Crippen LogP contribution is 2.20. The van der Waals surface area contributed by atoms with Crippen molar-refractivity contribution in [2.75, 3.05) is 31.6 Å². The van der Waals surface area contributed by atoms with Crippen molar-refractivity contribution in [3.8, 4) is 5.75 Å². The number of nitrogens with zero attached hydrogens (tertiary/aromatic N) is 3. The summed E-state index contributed by atoms with van der Waals surface area (Å²) in [6.07, 6.45) is 2.33. The maximum Gasteiger partial charge on any atom is 0.191 e. The van der Waals surface area contributed by atoms with Gasteiger partial charge in [0.1, 0.15) is 17.7 Å². The molecule has 0 bridgehead atoms. The second kappa shape index (κ2) is 11.1. The zero-order valence-corrected chi connectivity index (χ0v) is 18.8. The summed E-state index contributed by atoms with van der Waals surface area (Å²) in [5.41, 5.74) is 0. The number of nitrogens with one attached hydrogen (secondary N) is 2. The minimum absolute atomic E-state index is 0. The van der Waals surface area contributed by atoms with Crippen LogP contribution in [0, 0.1) is 11.6 Å². The molecule has 0 spiro atoms. The van der Waals surface area contributed by atoms with Gasteiger partial charge >= 0.3 is 0 Å². The topological polar surface area (TPSA) is 61.8 Å². The molecule has 158 valence electrons. The van der Waals surface area contributed by atoms with Crippen molar-refractivity contribution in [2.45, 2.75) is 25.5 Å². The minimum atomic E-state index is -0.308. The Morgan fingerprint density at radius 1 is 1.31 bits per heavy atom. The smallest absolute Gasteiger partial charge is 0.191 e. The molecule has 2 heterocycles. The van der Waals surface area contributed by atoms with E-state index in [1.165, 1.54) is 18.2 Å². The Bertz CT molecular complexity index is 806. The zero-order valence-electron chi connectivity index (χ0n) is 16.4. The number of aromatic nitrogens is 1. The molecule has 6 nitrogen and oxygen atoms in total. The van der Waals surface area contributed by atoms with E-state index >= 15 is 0 Å². The molecular formula is C20H26F2IN5O. The molecule has 0 radical (unpaired) electrons. The van der Waals surface area contributed by atoms with Crippen molar-refractivity contribution >= 4 is 35.8 Å². The zero-order chi connectivity index (χ0) is 19.9. The molecule has 2 aromatic rings. The third-order valence-electron chi connectivity index (χ3n) is 4.50.